The van der Waals surface area contributed by atoms with E-state index in [1.165, 1.54) is 11.1 Å². The Kier molecular flexibility index (Phi) is 3.19. The summed E-state index contributed by atoms with van der Waals surface area (Å²) in [6.45, 7) is 6.31. The van der Waals surface area contributed by atoms with Gasteiger partial charge in [0.1, 0.15) is 5.75 Å². The first-order chi connectivity index (χ1) is 8.08. The van der Waals surface area contributed by atoms with Crippen molar-refractivity contribution in [3.05, 3.63) is 53.6 Å². The Labute approximate surface area is 103 Å². The first-order valence-electron chi connectivity index (χ1n) is 5.98. The number of phenols is 1. The van der Waals surface area contributed by atoms with Crippen molar-refractivity contribution in [3.63, 3.8) is 0 Å². The summed E-state index contributed by atoms with van der Waals surface area (Å²) in [6, 6.07) is 14.3. The molecule has 0 radical (unpaired) electrons. The Morgan fingerprint density at radius 3 is 2.29 bits per heavy atom. The Morgan fingerprint density at radius 1 is 0.941 bits per heavy atom. The topological polar surface area (TPSA) is 20.2 Å². The molecule has 1 N–H and O–H groups in total. The first kappa shape index (κ1) is 11.7. The molecule has 0 amide bonds. The molecule has 2 rings (SSSR count). The van der Waals surface area contributed by atoms with Gasteiger partial charge in [-0.15, -0.1) is 0 Å². The van der Waals surface area contributed by atoms with Gasteiger partial charge >= 0.3 is 0 Å². The maximum absolute atomic E-state index is 9.53. The van der Waals surface area contributed by atoms with E-state index in [2.05, 4.69) is 38.1 Å². The molecule has 2 aromatic carbocycles. The average Bonchev–Trinajstić information content (AvgIpc) is 2.33. The normalized spacial score (nSPS) is 10.8. The molecule has 0 aliphatic heterocycles. The van der Waals surface area contributed by atoms with Crippen molar-refractivity contribution in [2.75, 3.05) is 0 Å². The SMILES string of the molecule is Cc1cc(-c2cccc(C(C)C)c2)ccc1O. The van der Waals surface area contributed by atoms with E-state index < -0.39 is 0 Å². The molecule has 0 heterocycles. The van der Waals surface area contributed by atoms with Gasteiger partial charge in [-0.05, 0) is 47.2 Å². The van der Waals surface area contributed by atoms with Crippen molar-refractivity contribution < 1.29 is 5.11 Å². The number of hydrogen-bond donors (Lipinski definition) is 1. The van der Waals surface area contributed by atoms with Gasteiger partial charge in [0.05, 0.1) is 0 Å². The molecule has 0 aliphatic carbocycles. The molecule has 1 nitrogen and oxygen atoms in total. The minimum absolute atomic E-state index is 0.355. The standard InChI is InChI=1S/C16H18O/c1-11(2)13-5-4-6-14(10-13)15-7-8-16(17)12(3)9-15/h4-11,17H,1-3H3. The number of aryl methyl sites for hydroxylation is 1. The van der Waals surface area contributed by atoms with Crippen molar-refractivity contribution in [2.24, 2.45) is 0 Å². The molecule has 0 bridgehead atoms. The molecule has 0 aliphatic rings. The number of hydrogen-bond acceptors (Lipinski definition) is 1. The summed E-state index contributed by atoms with van der Waals surface area (Å²) < 4.78 is 0. The molecule has 0 aromatic heterocycles. The maximum atomic E-state index is 9.53. The van der Waals surface area contributed by atoms with Gasteiger partial charge in [-0.25, -0.2) is 0 Å². The van der Waals surface area contributed by atoms with Gasteiger partial charge in [0, 0.05) is 0 Å². The minimum atomic E-state index is 0.355. The van der Waals surface area contributed by atoms with E-state index in [1.54, 1.807) is 6.07 Å². The highest BCUT2D eigenvalue weighted by Crippen LogP contribution is 2.27. The molecule has 1 heteroatoms. The molecular weight excluding hydrogens is 208 g/mol. The number of rotatable bonds is 2. The van der Waals surface area contributed by atoms with Crippen molar-refractivity contribution in [2.45, 2.75) is 26.7 Å². The second-order valence-electron chi connectivity index (χ2n) is 4.78. The van der Waals surface area contributed by atoms with Crippen LogP contribution in [0.1, 0.15) is 30.9 Å². The number of benzene rings is 2. The highest BCUT2D eigenvalue weighted by atomic mass is 16.3. The molecule has 0 saturated heterocycles. The third kappa shape index (κ3) is 2.50. The van der Waals surface area contributed by atoms with Crippen LogP contribution in [0, 0.1) is 6.92 Å². The second-order valence-corrected chi connectivity index (χ2v) is 4.78. The Balaban J connectivity index is 2.45. The van der Waals surface area contributed by atoms with E-state index in [4.69, 9.17) is 0 Å². The molecule has 0 atom stereocenters. The predicted octanol–water partition coefficient (Wildman–Crippen LogP) is 4.49. The molecule has 0 fully saturated rings. The number of phenolic OH excluding ortho intramolecular Hbond substituents is 1. The summed E-state index contributed by atoms with van der Waals surface area (Å²) in [5.74, 6) is 0.891. The van der Waals surface area contributed by atoms with Gasteiger partial charge in [-0.2, -0.15) is 0 Å². The van der Waals surface area contributed by atoms with Gasteiger partial charge < -0.3 is 5.11 Å². The van der Waals surface area contributed by atoms with Crippen molar-refractivity contribution >= 4 is 0 Å². The summed E-state index contributed by atoms with van der Waals surface area (Å²) >= 11 is 0. The first-order valence-corrected chi connectivity index (χ1v) is 5.98. The van der Waals surface area contributed by atoms with Crippen LogP contribution >= 0.6 is 0 Å². The number of aromatic hydroxyl groups is 1. The van der Waals surface area contributed by atoms with Crippen LogP contribution < -0.4 is 0 Å². The fourth-order valence-corrected chi connectivity index (χ4v) is 1.91. The molecule has 0 spiro atoms. The monoisotopic (exact) mass is 226 g/mol. The quantitative estimate of drug-likeness (QED) is 0.799. The molecule has 0 unspecified atom stereocenters. The van der Waals surface area contributed by atoms with Gasteiger partial charge in [0.25, 0.3) is 0 Å². The van der Waals surface area contributed by atoms with Crippen LogP contribution in [0.4, 0.5) is 0 Å². The van der Waals surface area contributed by atoms with Gasteiger partial charge in [-0.1, -0.05) is 44.2 Å². The highest BCUT2D eigenvalue weighted by molar-refractivity contribution is 5.66. The van der Waals surface area contributed by atoms with Crippen molar-refractivity contribution in [1.29, 1.82) is 0 Å². The zero-order valence-corrected chi connectivity index (χ0v) is 10.6. The Hall–Kier alpha value is -1.76. The molecule has 17 heavy (non-hydrogen) atoms. The van der Waals surface area contributed by atoms with Crippen LogP contribution in [0.2, 0.25) is 0 Å². The van der Waals surface area contributed by atoms with Crippen LogP contribution in [-0.4, -0.2) is 5.11 Å². The van der Waals surface area contributed by atoms with Gasteiger partial charge in [-0.3, -0.25) is 0 Å². The summed E-state index contributed by atoms with van der Waals surface area (Å²) in [5.41, 5.74) is 4.62. The Bertz CT molecular complexity index is 527. The van der Waals surface area contributed by atoms with Gasteiger partial charge in [0.2, 0.25) is 0 Å². The van der Waals surface area contributed by atoms with E-state index in [0.29, 0.717) is 11.7 Å². The lowest BCUT2D eigenvalue weighted by molar-refractivity contribution is 0.471. The fraction of sp³-hybridized carbons (Fsp3) is 0.250. The van der Waals surface area contributed by atoms with E-state index in [-0.39, 0.29) is 0 Å². The lowest BCUT2D eigenvalue weighted by atomic mass is 9.96. The fourth-order valence-electron chi connectivity index (χ4n) is 1.91. The smallest absolute Gasteiger partial charge is 0.118 e. The van der Waals surface area contributed by atoms with Crippen LogP contribution in [0.5, 0.6) is 5.75 Å². The van der Waals surface area contributed by atoms with E-state index in [0.717, 1.165) is 11.1 Å². The lowest BCUT2D eigenvalue weighted by Crippen LogP contribution is -1.88. The highest BCUT2D eigenvalue weighted by Gasteiger charge is 2.04. The van der Waals surface area contributed by atoms with E-state index in [1.807, 2.05) is 19.1 Å². The second kappa shape index (κ2) is 4.62. The zero-order valence-electron chi connectivity index (χ0n) is 10.6. The minimum Gasteiger partial charge on any atom is -0.508 e. The van der Waals surface area contributed by atoms with Crippen LogP contribution in [0.25, 0.3) is 11.1 Å². The van der Waals surface area contributed by atoms with E-state index in [9.17, 15) is 5.11 Å². The third-order valence-corrected chi connectivity index (χ3v) is 3.08. The third-order valence-electron chi connectivity index (χ3n) is 3.08. The van der Waals surface area contributed by atoms with Crippen LogP contribution in [0.15, 0.2) is 42.5 Å². The predicted molar refractivity (Wildman–Crippen MR) is 72.4 cm³/mol. The summed E-state index contributed by atoms with van der Waals surface area (Å²) in [5, 5.41) is 9.53. The van der Waals surface area contributed by atoms with Gasteiger partial charge in [0.15, 0.2) is 0 Å². The molecule has 88 valence electrons. The average molecular weight is 226 g/mol. The summed E-state index contributed by atoms with van der Waals surface area (Å²) in [6.07, 6.45) is 0. The summed E-state index contributed by atoms with van der Waals surface area (Å²) in [4.78, 5) is 0. The molecular formula is C16H18O. The van der Waals surface area contributed by atoms with Crippen molar-refractivity contribution in [1.82, 2.24) is 0 Å². The molecule has 0 saturated carbocycles. The van der Waals surface area contributed by atoms with E-state index >= 15 is 0 Å². The maximum Gasteiger partial charge on any atom is 0.118 e. The van der Waals surface area contributed by atoms with Crippen molar-refractivity contribution in [3.8, 4) is 16.9 Å². The lowest BCUT2D eigenvalue weighted by Gasteiger charge is -2.09. The van der Waals surface area contributed by atoms with Crippen LogP contribution in [-0.2, 0) is 0 Å². The summed E-state index contributed by atoms with van der Waals surface area (Å²) in [7, 11) is 0. The van der Waals surface area contributed by atoms with Crippen LogP contribution in [0.3, 0.4) is 0 Å². The zero-order chi connectivity index (χ0) is 12.4. The largest absolute Gasteiger partial charge is 0.508 e. The Morgan fingerprint density at radius 2 is 1.65 bits per heavy atom. The molecule has 2 aromatic rings.